The van der Waals surface area contributed by atoms with E-state index >= 15 is 0 Å². The van der Waals surface area contributed by atoms with Crippen molar-refractivity contribution in [3.63, 3.8) is 0 Å². The summed E-state index contributed by atoms with van der Waals surface area (Å²) in [6, 6.07) is 17.1. The number of carbonyl (C=O) groups is 1. The summed E-state index contributed by atoms with van der Waals surface area (Å²) in [6.07, 6.45) is 0.868. The molecule has 0 aliphatic carbocycles. The van der Waals surface area contributed by atoms with Crippen LogP contribution in [0.25, 0.3) is 23.0 Å². The Balaban J connectivity index is 1.57. The fourth-order valence-electron chi connectivity index (χ4n) is 3.38. The van der Waals surface area contributed by atoms with Gasteiger partial charge in [0.2, 0.25) is 5.82 Å². The summed E-state index contributed by atoms with van der Waals surface area (Å²) in [5.41, 5.74) is 2.43. The number of benzene rings is 2. The summed E-state index contributed by atoms with van der Waals surface area (Å²) in [7, 11) is 0. The number of hydrogen-bond acceptors (Lipinski definition) is 6. The zero-order valence-electron chi connectivity index (χ0n) is 16.0. The number of hydrogen-bond donors (Lipinski definition) is 0. The SMILES string of the molecule is CCCN1C(=O)c2ccccc2Sc2cc(-c3noc(-c4ccc(Br)o4)n3)ccc21. The molecule has 8 heteroatoms. The second kappa shape index (κ2) is 7.77. The lowest BCUT2D eigenvalue weighted by atomic mass is 10.1. The summed E-state index contributed by atoms with van der Waals surface area (Å²) in [6.45, 7) is 2.72. The van der Waals surface area contributed by atoms with Crippen molar-refractivity contribution in [1.29, 1.82) is 0 Å². The number of furan rings is 1. The largest absolute Gasteiger partial charge is 0.444 e. The fourth-order valence-corrected chi connectivity index (χ4v) is 4.80. The van der Waals surface area contributed by atoms with Gasteiger partial charge in [0.25, 0.3) is 11.8 Å². The second-order valence-corrected chi connectivity index (χ2v) is 8.63. The molecule has 2 aromatic carbocycles. The zero-order chi connectivity index (χ0) is 20.7. The van der Waals surface area contributed by atoms with Crippen LogP contribution >= 0.6 is 27.7 Å². The molecular formula is C22H16BrN3O3S. The van der Waals surface area contributed by atoms with Crippen molar-refractivity contribution >= 4 is 39.3 Å². The number of carbonyl (C=O) groups excluding carboxylic acids is 1. The summed E-state index contributed by atoms with van der Waals surface area (Å²) >= 11 is 4.85. The lowest BCUT2D eigenvalue weighted by Gasteiger charge is -2.22. The Kier molecular flexibility index (Phi) is 4.96. The van der Waals surface area contributed by atoms with E-state index in [9.17, 15) is 4.79 Å². The van der Waals surface area contributed by atoms with E-state index in [1.807, 2.05) is 47.4 Å². The monoisotopic (exact) mass is 481 g/mol. The molecular weight excluding hydrogens is 466 g/mol. The Bertz CT molecular complexity index is 1250. The van der Waals surface area contributed by atoms with Crippen LogP contribution in [0.2, 0.25) is 0 Å². The molecule has 3 heterocycles. The maximum Gasteiger partial charge on any atom is 0.293 e. The first kappa shape index (κ1) is 19.1. The molecule has 0 N–H and O–H groups in total. The fraction of sp³-hybridized carbons (Fsp3) is 0.136. The number of aromatic nitrogens is 2. The van der Waals surface area contributed by atoms with Gasteiger partial charge in [-0.1, -0.05) is 36.0 Å². The van der Waals surface area contributed by atoms with Crippen LogP contribution in [0.15, 0.2) is 78.0 Å². The summed E-state index contributed by atoms with van der Waals surface area (Å²) in [5, 5.41) is 4.11. The molecule has 0 unspecified atom stereocenters. The van der Waals surface area contributed by atoms with Gasteiger partial charge >= 0.3 is 0 Å². The minimum absolute atomic E-state index is 0.0247. The molecule has 0 atom stereocenters. The van der Waals surface area contributed by atoms with Gasteiger partial charge in [-0.2, -0.15) is 4.98 Å². The van der Waals surface area contributed by atoms with Crippen molar-refractivity contribution in [2.24, 2.45) is 0 Å². The number of anilines is 1. The standard InChI is InChI=1S/C22H16BrN3O3S/c1-2-11-26-15-8-7-13(20-24-21(29-25-20)16-9-10-19(23)28-16)12-18(15)30-17-6-4-3-5-14(17)22(26)27/h3-10,12H,2,11H2,1H3. The third kappa shape index (κ3) is 3.36. The molecule has 1 aliphatic heterocycles. The minimum Gasteiger partial charge on any atom is -0.444 e. The summed E-state index contributed by atoms with van der Waals surface area (Å²) in [4.78, 5) is 21.4. The number of nitrogens with zero attached hydrogens (tertiary/aromatic N) is 3. The van der Waals surface area contributed by atoms with E-state index < -0.39 is 0 Å². The van der Waals surface area contributed by atoms with Crippen LogP contribution < -0.4 is 4.90 Å². The van der Waals surface area contributed by atoms with Crippen LogP contribution in [0.3, 0.4) is 0 Å². The predicted octanol–water partition coefficient (Wildman–Crippen LogP) is 6.28. The average Bonchev–Trinajstić information content (AvgIpc) is 3.39. The molecule has 150 valence electrons. The Morgan fingerprint density at radius 3 is 2.77 bits per heavy atom. The van der Waals surface area contributed by atoms with Crippen molar-refractivity contribution in [3.05, 3.63) is 64.8 Å². The highest BCUT2D eigenvalue weighted by atomic mass is 79.9. The smallest absolute Gasteiger partial charge is 0.293 e. The molecule has 1 aliphatic rings. The molecule has 5 rings (SSSR count). The Labute approximate surface area is 185 Å². The van der Waals surface area contributed by atoms with E-state index in [1.165, 1.54) is 0 Å². The number of halogens is 1. The van der Waals surface area contributed by atoms with Gasteiger partial charge in [0, 0.05) is 21.9 Å². The van der Waals surface area contributed by atoms with E-state index in [0.717, 1.165) is 33.0 Å². The van der Waals surface area contributed by atoms with E-state index in [0.29, 0.717) is 28.7 Å². The molecule has 6 nitrogen and oxygen atoms in total. The highest BCUT2D eigenvalue weighted by molar-refractivity contribution is 9.10. The van der Waals surface area contributed by atoms with Gasteiger partial charge in [-0.3, -0.25) is 4.79 Å². The Morgan fingerprint density at radius 1 is 1.10 bits per heavy atom. The van der Waals surface area contributed by atoms with Gasteiger partial charge in [-0.05, 0) is 64.8 Å². The predicted molar refractivity (Wildman–Crippen MR) is 118 cm³/mol. The summed E-state index contributed by atoms with van der Waals surface area (Å²) < 4.78 is 11.5. The van der Waals surface area contributed by atoms with Crippen LogP contribution in [-0.2, 0) is 0 Å². The lowest BCUT2D eigenvalue weighted by Crippen LogP contribution is -2.31. The lowest BCUT2D eigenvalue weighted by molar-refractivity contribution is 0.0984. The molecule has 0 fully saturated rings. The van der Waals surface area contributed by atoms with Crippen LogP contribution in [0.1, 0.15) is 23.7 Å². The number of amides is 1. The number of rotatable bonds is 4. The molecule has 0 saturated carbocycles. The van der Waals surface area contributed by atoms with Crippen LogP contribution in [0.5, 0.6) is 0 Å². The first-order valence-corrected chi connectivity index (χ1v) is 11.1. The molecule has 0 radical (unpaired) electrons. The third-order valence-corrected chi connectivity index (χ3v) is 6.30. The van der Waals surface area contributed by atoms with E-state index in [2.05, 4.69) is 33.0 Å². The van der Waals surface area contributed by atoms with Gasteiger partial charge in [0.15, 0.2) is 10.4 Å². The zero-order valence-corrected chi connectivity index (χ0v) is 18.4. The maximum absolute atomic E-state index is 13.2. The van der Waals surface area contributed by atoms with Gasteiger partial charge in [-0.15, -0.1) is 0 Å². The van der Waals surface area contributed by atoms with E-state index in [1.54, 1.807) is 23.9 Å². The van der Waals surface area contributed by atoms with Crippen LogP contribution in [0, 0.1) is 0 Å². The molecule has 1 amide bonds. The second-order valence-electron chi connectivity index (χ2n) is 6.76. The topological polar surface area (TPSA) is 72.4 Å². The van der Waals surface area contributed by atoms with Crippen LogP contribution in [0.4, 0.5) is 5.69 Å². The van der Waals surface area contributed by atoms with Gasteiger partial charge < -0.3 is 13.8 Å². The third-order valence-electron chi connectivity index (χ3n) is 4.75. The first-order chi connectivity index (χ1) is 14.6. The summed E-state index contributed by atoms with van der Waals surface area (Å²) in [5.74, 6) is 1.30. The van der Waals surface area contributed by atoms with Crippen molar-refractivity contribution in [2.45, 2.75) is 23.1 Å². The van der Waals surface area contributed by atoms with Gasteiger partial charge in [-0.25, -0.2) is 0 Å². The highest BCUT2D eigenvalue weighted by Crippen LogP contribution is 2.43. The van der Waals surface area contributed by atoms with Crippen LogP contribution in [-0.4, -0.2) is 22.6 Å². The molecule has 0 bridgehead atoms. The Hall–Kier alpha value is -2.84. The van der Waals surface area contributed by atoms with Crippen molar-refractivity contribution in [3.8, 4) is 23.0 Å². The minimum atomic E-state index is 0.0247. The quantitative estimate of drug-likeness (QED) is 0.341. The molecule has 2 aromatic heterocycles. The van der Waals surface area contributed by atoms with Crippen molar-refractivity contribution < 1.29 is 13.7 Å². The average molecular weight is 482 g/mol. The highest BCUT2D eigenvalue weighted by Gasteiger charge is 2.27. The van der Waals surface area contributed by atoms with Gasteiger partial charge in [0.05, 0.1) is 11.3 Å². The molecule has 30 heavy (non-hydrogen) atoms. The van der Waals surface area contributed by atoms with Crippen molar-refractivity contribution in [2.75, 3.05) is 11.4 Å². The normalized spacial score (nSPS) is 13.1. The molecule has 4 aromatic rings. The van der Waals surface area contributed by atoms with Gasteiger partial charge in [0.1, 0.15) is 0 Å². The number of fused-ring (bicyclic) bond motifs is 2. The van der Waals surface area contributed by atoms with Crippen molar-refractivity contribution in [1.82, 2.24) is 10.1 Å². The van der Waals surface area contributed by atoms with E-state index in [4.69, 9.17) is 8.94 Å². The Morgan fingerprint density at radius 2 is 1.97 bits per heavy atom. The molecule has 0 saturated heterocycles. The first-order valence-electron chi connectivity index (χ1n) is 9.46. The maximum atomic E-state index is 13.2. The molecule has 0 spiro atoms. The van der Waals surface area contributed by atoms with E-state index in [-0.39, 0.29) is 5.91 Å².